The largest absolute Gasteiger partial charge is 0.342 e. The number of carbonyl (C=O) groups excluding carboxylic acids is 1. The zero-order chi connectivity index (χ0) is 18.1. The number of hydrogen-bond donors (Lipinski definition) is 1. The minimum Gasteiger partial charge on any atom is -0.342 e. The smallest absolute Gasteiger partial charge is 0.272 e. The van der Waals surface area contributed by atoms with Crippen molar-refractivity contribution < 1.29 is 4.79 Å². The van der Waals surface area contributed by atoms with Gasteiger partial charge in [-0.15, -0.1) is 5.10 Å². The topological polar surface area (TPSA) is 101 Å². The Balaban J connectivity index is 1.58. The third kappa shape index (κ3) is 3.09. The third-order valence-corrected chi connectivity index (χ3v) is 5.55. The summed E-state index contributed by atoms with van der Waals surface area (Å²) in [6.45, 7) is 0. The van der Waals surface area contributed by atoms with E-state index in [1.54, 1.807) is 28.7 Å². The van der Waals surface area contributed by atoms with Crippen molar-refractivity contribution in [3.63, 3.8) is 0 Å². The summed E-state index contributed by atoms with van der Waals surface area (Å²) >= 11 is 0. The van der Waals surface area contributed by atoms with Gasteiger partial charge in [0.05, 0.1) is 18.3 Å². The van der Waals surface area contributed by atoms with E-state index in [1.807, 2.05) is 6.20 Å². The number of amides is 1. The van der Waals surface area contributed by atoms with E-state index in [9.17, 15) is 10.1 Å². The molecule has 4 rings (SSSR count). The number of rotatable bonds is 5. The van der Waals surface area contributed by atoms with Crippen molar-refractivity contribution in [2.75, 3.05) is 0 Å². The van der Waals surface area contributed by atoms with Crippen LogP contribution < -0.4 is 5.32 Å². The minimum absolute atomic E-state index is 0.197. The lowest BCUT2D eigenvalue weighted by molar-refractivity contribution is 0.0905. The molecule has 2 aromatic rings. The van der Waals surface area contributed by atoms with Gasteiger partial charge in [-0.2, -0.15) is 10.4 Å². The number of nitrogens with one attached hydrogen (secondary N) is 1. The average molecular weight is 353 g/mol. The second-order valence-electron chi connectivity index (χ2n) is 7.46. The van der Waals surface area contributed by atoms with Gasteiger partial charge in [-0.25, -0.2) is 4.68 Å². The van der Waals surface area contributed by atoms with Gasteiger partial charge < -0.3 is 5.32 Å². The first-order valence-electron chi connectivity index (χ1n) is 9.26. The molecule has 136 valence electrons. The normalized spacial score (nSPS) is 20.3. The van der Waals surface area contributed by atoms with Gasteiger partial charge in [-0.3, -0.25) is 9.48 Å². The van der Waals surface area contributed by atoms with E-state index in [1.165, 1.54) is 6.42 Å². The van der Waals surface area contributed by atoms with Gasteiger partial charge in [0.25, 0.3) is 5.91 Å². The first-order valence-corrected chi connectivity index (χ1v) is 9.26. The van der Waals surface area contributed by atoms with Crippen LogP contribution in [0.15, 0.2) is 18.5 Å². The standard InChI is InChI=1S/C18H23N7O/c1-24-10-7-14(22-24)17(26)20-16(13-5-3-2-4-6-13)15-11-25(23-21-15)18(12-19)8-9-18/h7,10-11,13,16H,2-6,8-9H2,1H3,(H,20,26)/t16-/m1/s1. The fraction of sp³-hybridized carbons (Fsp3) is 0.611. The van der Waals surface area contributed by atoms with E-state index in [0.29, 0.717) is 11.6 Å². The maximum absolute atomic E-state index is 12.7. The maximum Gasteiger partial charge on any atom is 0.272 e. The van der Waals surface area contributed by atoms with Crippen LogP contribution in [0.1, 0.15) is 67.2 Å². The molecular weight excluding hydrogens is 330 g/mol. The Hall–Kier alpha value is -2.69. The average Bonchev–Trinajstić information content (AvgIpc) is 3.09. The van der Waals surface area contributed by atoms with Crippen molar-refractivity contribution in [2.45, 2.75) is 56.5 Å². The SMILES string of the molecule is Cn1ccc(C(=O)N[C@@H](c2cn(C3(C#N)CC3)nn2)C2CCCCC2)n1. The lowest BCUT2D eigenvalue weighted by atomic mass is 9.82. The van der Waals surface area contributed by atoms with Crippen molar-refractivity contribution >= 4 is 5.91 Å². The molecule has 2 aromatic heterocycles. The van der Waals surface area contributed by atoms with Gasteiger partial charge in [0.1, 0.15) is 11.4 Å². The summed E-state index contributed by atoms with van der Waals surface area (Å²) in [6, 6.07) is 3.84. The fourth-order valence-electron chi connectivity index (χ4n) is 3.79. The lowest BCUT2D eigenvalue weighted by Crippen LogP contribution is -2.35. The van der Waals surface area contributed by atoms with E-state index in [-0.39, 0.29) is 11.9 Å². The van der Waals surface area contributed by atoms with Crippen LogP contribution in [0.5, 0.6) is 0 Å². The summed E-state index contributed by atoms with van der Waals surface area (Å²) in [5.41, 5.74) is 0.604. The van der Waals surface area contributed by atoms with Crippen molar-refractivity contribution in [1.29, 1.82) is 5.26 Å². The van der Waals surface area contributed by atoms with Gasteiger partial charge in [0.15, 0.2) is 5.54 Å². The highest BCUT2D eigenvalue weighted by molar-refractivity contribution is 5.92. The minimum atomic E-state index is -0.534. The Morgan fingerprint density at radius 1 is 1.38 bits per heavy atom. The van der Waals surface area contributed by atoms with Gasteiger partial charge >= 0.3 is 0 Å². The predicted molar refractivity (Wildman–Crippen MR) is 92.8 cm³/mol. The summed E-state index contributed by atoms with van der Waals surface area (Å²) in [6.07, 6.45) is 10.9. The van der Waals surface area contributed by atoms with E-state index in [4.69, 9.17) is 0 Å². The van der Waals surface area contributed by atoms with Gasteiger partial charge in [-0.05, 0) is 37.7 Å². The number of aromatic nitrogens is 5. The van der Waals surface area contributed by atoms with E-state index in [2.05, 4.69) is 26.8 Å². The van der Waals surface area contributed by atoms with Gasteiger partial charge in [0, 0.05) is 13.2 Å². The van der Waals surface area contributed by atoms with Crippen molar-refractivity contribution in [2.24, 2.45) is 13.0 Å². The Morgan fingerprint density at radius 3 is 2.77 bits per heavy atom. The molecule has 0 radical (unpaired) electrons. The monoisotopic (exact) mass is 353 g/mol. The molecule has 0 unspecified atom stereocenters. The lowest BCUT2D eigenvalue weighted by Gasteiger charge is -2.29. The van der Waals surface area contributed by atoms with Crippen LogP contribution in [-0.2, 0) is 12.6 Å². The number of hydrogen-bond acceptors (Lipinski definition) is 5. The second kappa shape index (κ2) is 6.56. The van der Waals surface area contributed by atoms with Gasteiger partial charge in [0.2, 0.25) is 0 Å². The molecule has 26 heavy (non-hydrogen) atoms. The van der Waals surface area contributed by atoms with Crippen LogP contribution in [0, 0.1) is 17.2 Å². The van der Waals surface area contributed by atoms with Crippen LogP contribution in [0.25, 0.3) is 0 Å². The Morgan fingerprint density at radius 2 is 2.15 bits per heavy atom. The first-order chi connectivity index (χ1) is 12.6. The number of aryl methyl sites for hydroxylation is 1. The molecule has 1 amide bonds. The third-order valence-electron chi connectivity index (χ3n) is 5.55. The van der Waals surface area contributed by atoms with E-state index < -0.39 is 5.54 Å². The predicted octanol–water partition coefficient (Wildman–Crippen LogP) is 2.08. The van der Waals surface area contributed by atoms with Crippen LogP contribution in [0.2, 0.25) is 0 Å². The number of nitriles is 1. The summed E-state index contributed by atoms with van der Waals surface area (Å²) in [7, 11) is 1.79. The number of carbonyl (C=O) groups is 1. The number of nitrogens with zero attached hydrogens (tertiary/aromatic N) is 6. The molecular formula is C18H23N7O. The molecule has 0 spiro atoms. The van der Waals surface area contributed by atoms with Crippen molar-refractivity contribution in [1.82, 2.24) is 30.1 Å². The summed E-state index contributed by atoms with van der Waals surface area (Å²) < 4.78 is 3.29. The fourth-order valence-corrected chi connectivity index (χ4v) is 3.79. The molecule has 0 saturated heterocycles. The molecule has 0 bridgehead atoms. The Bertz CT molecular complexity index is 836. The molecule has 2 fully saturated rings. The molecule has 1 atom stereocenters. The molecule has 8 heteroatoms. The molecule has 0 aliphatic heterocycles. The van der Waals surface area contributed by atoms with Crippen LogP contribution in [-0.4, -0.2) is 30.7 Å². The Labute approximate surface area is 152 Å². The second-order valence-corrected chi connectivity index (χ2v) is 7.46. The molecule has 2 aliphatic carbocycles. The maximum atomic E-state index is 12.7. The van der Waals surface area contributed by atoms with E-state index >= 15 is 0 Å². The first kappa shape index (κ1) is 16.8. The zero-order valence-electron chi connectivity index (χ0n) is 14.9. The van der Waals surface area contributed by atoms with Crippen molar-refractivity contribution in [3.8, 4) is 6.07 Å². The summed E-state index contributed by atoms with van der Waals surface area (Å²) in [5.74, 6) is 0.135. The molecule has 8 nitrogen and oxygen atoms in total. The van der Waals surface area contributed by atoms with E-state index in [0.717, 1.165) is 44.2 Å². The molecule has 0 aromatic carbocycles. The summed E-state index contributed by atoms with van der Waals surface area (Å²) in [4.78, 5) is 12.7. The molecule has 2 aliphatic rings. The Kier molecular flexibility index (Phi) is 4.23. The summed E-state index contributed by atoms with van der Waals surface area (Å²) in [5, 5.41) is 25.2. The molecule has 2 heterocycles. The highest BCUT2D eigenvalue weighted by Crippen LogP contribution is 2.42. The van der Waals surface area contributed by atoms with Crippen LogP contribution in [0.4, 0.5) is 0 Å². The zero-order valence-corrected chi connectivity index (χ0v) is 14.9. The van der Waals surface area contributed by atoms with Crippen LogP contribution >= 0.6 is 0 Å². The molecule has 1 N–H and O–H groups in total. The van der Waals surface area contributed by atoms with Crippen LogP contribution in [0.3, 0.4) is 0 Å². The molecule has 2 saturated carbocycles. The van der Waals surface area contributed by atoms with Crippen molar-refractivity contribution in [3.05, 3.63) is 29.8 Å². The quantitative estimate of drug-likeness (QED) is 0.887. The van der Waals surface area contributed by atoms with Gasteiger partial charge in [-0.1, -0.05) is 24.5 Å². The highest BCUT2D eigenvalue weighted by atomic mass is 16.2. The highest BCUT2D eigenvalue weighted by Gasteiger charge is 2.47.